The van der Waals surface area contributed by atoms with Crippen LogP contribution < -0.4 is 0 Å². The number of alkyl halides is 2. The minimum absolute atomic E-state index is 0.0523. The van der Waals surface area contributed by atoms with Crippen molar-refractivity contribution in [2.75, 3.05) is 13.1 Å². The van der Waals surface area contributed by atoms with Crippen LogP contribution in [0.15, 0.2) is 36.0 Å². The third-order valence-electron chi connectivity index (χ3n) is 4.53. The van der Waals surface area contributed by atoms with E-state index in [-0.39, 0.29) is 31.8 Å². The predicted octanol–water partition coefficient (Wildman–Crippen LogP) is 3.83. The van der Waals surface area contributed by atoms with E-state index < -0.39 is 5.92 Å². The number of halogens is 2. The van der Waals surface area contributed by atoms with E-state index >= 15 is 0 Å². The number of pyridine rings is 1. The highest BCUT2D eigenvalue weighted by atomic mass is 32.1. The Balaban J connectivity index is 1.61. The van der Waals surface area contributed by atoms with Crippen LogP contribution in [0.5, 0.6) is 0 Å². The van der Waals surface area contributed by atoms with Crippen LogP contribution >= 0.6 is 11.3 Å². The number of hydrogen-bond acceptors (Lipinski definition) is 4. The number of nitrogens with zero attached hydrogens (tertiary/aromatic N) is 4. The highest BCUT2D eigenvalue weighted by Crippen LogP contribution is 2.29. The van der Waals surface area contributed by atoms with E-state index in [2.05, 4.69) is 11.1 Å². The molecule has 0 unspecified atom stereocenters. The van der Waals surface area contributed by atoms with Crippen LogP contribution in [0.1, 0.15) is 28.1 Å². The second kappa shape index (κ2) is 6.18. The molecule has 1 aliphatic heterocycles. The maximum Gasteiger partial charge on any atom is 0.255 e. The summed E-state index contributed by atoms with van der Waals surface area (Å²) in [6, 6.07) is 7.45. The molecule has 26 heavy (non-hydrogen) atoms. The topological polar surface area (TPSA) is 61.9 Å². The van der Waals surface area contributed by atoms with Gasteiger partial charge in [-0.3, -0.25) is 4.79 Å². The van der Waals surface area contributed by atoms with Crippen LogP contribution in [-0.4, -0.2) is 39.4 Å². The number of carbonyl (C=O) groups is 1. The molecular formula is C18H14F2N4OS. The average molecular weight is 372 g/mol. The Morgan fingerprint density at radius 2 is 2.08 bits per heavy atom. The summed E-state index contributed by atoms with van der Waals surface area (Å²) in [4.78, 5) is 19.0. The summed E-state index contributed by atoms with van der Waals surface area (Å²) in [6.07, 6.45) is 2.70. The molecule has 1 saturated heterocycles. The molecular weight excluding hydrogens is 358 g/mol. The average Bonchev–Trinajstić information content (AvgIpc) is 3.27. The van der Waals surface area contributed by atoms with Gasteiger partial charge in [0.1, 0.15) is 16.6 Å². The van der Waals surface area contributed by atoms with Crippen molar-refractivity contribution in [1.82, 2.24) is 14.5 Å². The largest absolute Gasteiger partial charge is 0.338 e. The SMILES string of the molecule is N#Cc1cc(-n2ccc3cc(C(=O)N4CCC(F)(F)CC4)cnc32)cs1. The number of amides is 1. The minimum atomic E-state index is -2.68. The van der Waals surface area contributed by atoms with Gasteiger partial charge in [0.25, 0.3) is 11.8 Å². The molecule has 0 N–H and O–H groups in total. The van der Waals surface area contributed by atoms with Gasteiger partial charge in [-0.25, -0.2) is 13.8 Å². The van der Waals surface area contributed by atoms with Crippen molar-refractivity contribution in [3.8, 4) is 11.8 Å². The molecule has 5 nitrogen and oxygen atoms in total. The van der Waals surface area contributed by atoms with Gasteiger partial charge in [-0.2, -0.15) is 5.26 Å². The highest BCUT2D eigenvalue weighted by molar-refractivity contribution is 7.10. The van der Waals surface area contributed by atoms with Crippen molar-refractivity contribution < 1.29 is 13.6 Å². The molecule has 3 aromatic heterocycles. The lowest BCUT2D eigenvalue weighted by molar-refractivity contribution is -0.0494. The summed E-state index contributed by atoms with van der Waals surface area (Å²) in [6.45, 7) is 0.105. The third-order valence-corrected chi connectivity index (χ3v) is 5.35. The smallest absolute Gasteiger partial charge is 0.255 e. The molecule has 0 aromatic carbocycles. The molecule has 0 saturated carbocycles. The van der Waals surface area contributed by atoms with E-state index in [9.17, 15) is 13.6 Å². The molecule has 4 heterocycles. The molecule has 1 fully saturated rings. The Morgan fingerprint density at radius 1 is 1.31 bits per heavy atom. The number of likely N-dealkylation sites (tertiary alicyclic amines) is 1. The molecule has 0 bridgehead atoms. The zero-order chi connectivity index (χ0) is 18.3. The summed E-state index contributed by atoms with van der Waals surface area (Å²) in [5, 5.41) is 11.6. The second-order valence-corrected chi connectivity index (χ2v) is 7.16. The number of nitriles is 1. The first kappa shape index (κ1) is 16.7. The third kappa shape index (κ3) is 2.95. The number of aromatic nitrogens is 2. The first-order valence-electron chi connectivity index (χ1n) is 8.10. The first-order valence-corrected chi connectivity index (χ1v) is 8.98. The second-order valence-electron chi connectivity index (χ2n) is 6.25. The molecule has 132 valence electrons. The number of piperidine rings is 1. The lowest BCUT2D eigenvalue weighted by Gasteiger charge is -2.31. The summed E-state index contributed by atoms with van der Waals surface area (Å²) in [5.41, 5.74) is 1.91. The minimum Gasteiger partial charge on any atom is -0.338 e. The molecule has 3 aromatic rings. The van der Waals surface area contributed by atoms with Gasteiger partial charge in [-0.1, -0.05) is 0 Å². The van der Waals surface area contributed by atoms with Crippen molar-refractivity contribution in [3.05, 3.63) is 46.4 Å². The maximum atomic E-state index is 13.3. The van der Waals surface area contributed by atoms with Gasteiger partial charge in [0, 0.05) is 49.1 Å². The lowest BCUT2D eigenvalue weighted by atomic mass is 10.1. The zero-order valence-corrected chi connectivity index (χ0v) is 14.5. The summed E-state index contributed by atoms with van der Waals surface area (Å²) in [7, 11) is 0. The summed E-state index contributed by atoms with van der Waals surface area (Å²) in [5.74, 6) is -2.95. The monoisotopic (exact) mass is 372 g/mol. The molecule has 8 heteroatoms. The Morgan fingerprint density at radius 3 is 2.77 bits per heavy atom. The molecule has 0 spiro atoms. The standard InChI is InChI=1S/C18H14F2N4OS/c19-18(20)2-5-23(6-3-18)17(25)13-7-12-1-4-24(16(12)22-10-13)14-8-15(9-21)26-11-14/h1,4,7-8,10-11H,2-3,5-6H2. The van der Waals surface area contributed by atoms with Gasteiger partial charge in [0.05, 0.1) is 11.3 Å². The van der Waals surface area contributed by atoms with Gasteiger partial charge in [0.2, 0.25) is 0 Å². The summed E-state index contributed by atoms with van der Waals surface area (Å²) < 4.78 is 28.4. The van der Waals surface area contributed by atoms with Crippen molar-refractivity contribution in [2.24, 2.45) is 0 Å². The quantitative estimate of drug-likeness (QED) is 0.687. The van der Waals surface area contributed by atoms with Crippen molar-refractivity contribution in [1.29, 1.82) is 5.26 Å². The fraction of sp³-hybridized carbons (Fsp3) is 0.278. The zero-order valence-electron chi connectivity index (χ0n) is 13.7. The van der Waals surface area contributed by atoms with E-state index in [4.69, 9.17) is 5.26 Å². The molecule has 0 radical (unpaired) electrons. The van der Waals surface area contributed by atoms with Crippen molar-refractivity contribution in [3.63, 3.8) is 0 Å². The Hall–Kier alpha value is -2.79. The van der Waals surface area contributed by atoms with Gasteiger partial charge >= 0.3 is 0 Å². The molecule has 1 aliphatic rings. The van der Waals surface area contributed by atoms with E-state index in [1.54, 1.807) is 12.1 Å². The number of fused-ring (bicyclic) bond motifs is 1. The van der Waals surface area contributed by atoms with Gasteiger partial charge in [-0.05, 0) is 18.2 Å². The van der Waals surface area contributed by atoms with Crippen LogP contribution in [0.25, 0.3) is 16.7 Å². The maximum absolute atomic E-state index is 13.3. The van der Waals surface area contributed by atoms with Crippen molar-refractivity contribution in [2.45, 2.75) is 18.8 Å². The Bertz CT molecular complexity index is 1020. The molecule has 0 aliphatic carbocycles. The van der Waals surface area contributed by atoms with Crippen LogP contribution in [0, 0.1) is 11.3 Å². The highest BCUT2D eigenvalue weighted by Gasteiger charge is 2.35. The number of hydrogen-bond donors (Lipinski definition) is 0. The van der Waals surface area contributed by atoms with Crippen molar-refractivity contribution >= 4 is 28.3 Å². The Kier molecular flexibility index (Phi) is 3.96. The van der Waals surface area contributed by atoms with E-state index in [0.717, 1.165) is 11.1 Å². The fourth-order valence-electron chi connectivity index (χ4n) is 3.08. The van der Waals surface area contributed by atoms with E-state index in [1.165, 1.54) is 22.4 Å². The van der Waals surface area contributed by atoms with Crippen LogP contribution in [0.3, 0.4) is 0 Å². The number of thiophene rings is 1. The number of carbonyl (C=O) groups excluding carboxylic acids is 1. The van der Waals surface area contributed by atoms with E-state index in [1.807, 2.05) is 22.2 Å². The van der Waals surface area contributed by atoms with Gasteiger partial charge < -0.3 is 9.47 Å². The Labute approximate surface area is 152 Å². The van der Waals surface area contributed by atoms with Crippen LogP contribution in [0.2, 0.25) is 0 Å². The fourth-order valence-corrected chi connectivity index (χ4v) is 3.75. The van der Waals surface area contributed by atoms with Gasteiger partial charge in [0.15, 0.2) is 0 Å². The first-order chi connectivity index (χ1) is 12.5. The predicted molar refractivity (Wildman–Crippen MR) is 93.7 cm³/mol. The molecule has 1 amide bonds. The normalized spacial score (nSPS) is 16.6. The van der Waals surface area contributed by atoms with E-state index in [0.29, 0.717) is 16.1 Å². The molecule has 0 atom stereocenters. The lowest BCUT2D eigenvalue weighted by Crippen LogP contribution is -2.42. The molecule has 4 rings (SSSR count). The number of rotatable bonds is 2. The van der Waals surface area contributed by atoms with Crippen LogP contribution in [-0.2, 0) is 0 Å². The summed E-state index contributed by atoms with van der Waals surface area (Å²) >= 11 is 1.35. The van der Waals surface area contributed by atoms with Crippen LogP contribution in [0.4, 0.5) is 8.78 Å². The van der Waals surface area contributed by atoms with Gasteiger partial charge in [-0.15, -0.1) is 11.3 Å².